The molecule has 3 fully saturated rings. The molecule has 1 unspecified atom stereocenters. The van der Waals surface area contributed by atoms with Gasteiger partial charge in [-0.25, -0.2) is 9.78 Å². The van der Waals surface area contributed by atoms with Crippen molar-refractivity contribution in [1.82, 2.24) is 14.8 Å². The molecule has 0 N–H and O–H groups in total. The van der Waals surface area contributed by atoms with E-state index in [1.165, 1.54) is 22.6 Å². The molecule has 3 saturated heterocycles. The fourth-order valence-electron chi connectivity index (χ4n) is 4.82. The molecule has 10 heteroatoms. The summed E-state index contributed by atoms with van der Waals surface area (Å²) in [5.74, 6) is 0. The Hall–Kier alpha value is -1.55. The van der Waals surface area contributed by atoms with E-state index in [1.54, 1.807) is 11.3 Å². The average Bonchev–Trinajstić information content (AvgIpc) is 3.44. The zero-order valence-electron chi connectivity index (χ0n) is 17.3. The molecule has 3 aliphatic heterocycles. The van der Waals surface area contributed by atoms with Gasteiger partial charge < -0.3 is 14.5 Å². The number of piperidine rings is 1. The molecule has 1 atom stereocenters. The number of alkyl halides is 3. The van der Waals surface area contributed by atoms with E-state index in [4.69, 9.17) is 0 Å². The standard InChI is InChI=1S/C20H29F3N4O2S/c1-15(20(21,22)23)29-18(28)26-11-6-19(7-12-26)5-4-10-27(19)14-16-13-24-17(30-16)25-8-2-3-9-25/h13,15H,2-12,14H2,1H3. The summed E-state index contributed by atoms with van der Waals surface area (Å²) in [6, 6.07) is 0. The number of anilines is 1. The third-order valence-corrected chi connectivity index (χ3v) is 7.74. The van der Waals surface area contributed by atoms with Crippen molar-refractivity contribution in [3.05, 3.63) is 11.1 Å². The van der Waals surface area contributed by atoms with Gasteiger partial charge in [-0.05, 0) is 52.0 Å². The van der Waals surface area contributed by atoms with Crippen LogP contribution in [-0.4, -0.2) is 71.4 Å². The Morgan fingerprint density at radius 2 is 1.87 bits per heavy atom. The van der Waals surface area contributed by atoms with Gasteiger partial charge in [-0.2, -0.15) is 13.2 Å². The van der Waals surface area contributed by atoms with Gasteiger partial charge in [0.1, 0.15) is 0 Å². The van der Waals surface area contributed by atoms with Crippen molar-refractivity contribution in [3.8, 4) is 0 Å². The first-order valence-corrected chi connectivity index (χ1v) is 11.6. The summed E-state index contributed by atoms with van der Waals surface area (Å²) >= 11 is 1.76. The minimum Gasteiger partial charge on any atom is -0.437 e. The highest BCUT2D eigenvalue weighted by molar-refractivity contribution is 7.15. The highest BCUT2D eigenvalue weighted by atomic mass is 32.1. The maximum atomic E-state index is 12.7. The lowest BCUT2D eigenvalue weighted by Crippen LogP contribution is -2.53. The number of amides is 1. The van der Waals surface area contributed by atoms with E-state index in [0.717, 1.165) is 63.9 Å². The van der Waals surface area contributed by atoms with Crippen LogP contribution < -0.4 is 4.90 Å². The molecular weight excluding hydrogens is 417 g/mol. The van der Waals surface area contributed by atoms with Gasteiger partial charge >= 0.3 is 12.3 Å². The minimum atomic E-state index is -4.53. The molecule has 30 heavy (non-hydrogen) atoms. The lowest BCUT2D eigenvalue weighted by Gasteiger charge is -2.44. The van der Waals surface area contributed by atoms with Crippen LogP contribution in [-0.2, 0) is 11.3 Å². The Morgan fingerprint density at radius 1 is 1.17 bits per heavy atom. The number of hydrogen-bond donors (Lipinski definition) is 0. The fourth-order valence-corrected chi connectivity index (χ4v) is 5.80. The van der Waals surface area contributed by atoms with E-state index < -0.39 is 18.4 Å². The van der Waals surface area contributed by atoms with Crippen LogP contribution in [0.25, 0.3) is 0 Å². The summed E-state index contributed by atoms with van der Waals surface area (Å²) in [5.41, 5.74) is 0.0181. The number of aromatic nitrogens is 1. The van der Waals surface area contributed by atoms with E-state index >= 15 is 0 Å². The first-order chi connectivity index (χ1) is 14.3. The number of likely N-dealkylation sites (tertiary alicyclic amines) is 2. The molecule has 1 aromatic rings. The van der Waals surface area contributed by atoms with Crippen molar-refractivity contribution in [2.24, 2.45) is 0 Å². The van der Waals surface area contributed by atoms with Gasteiger partial charge in [-0.1, -0.05) is 0 Å². The smallest absolute Gasteiger partial charge is 0.425 e. The van der Waals surface area contributed by atoms with Crippen molar-refractivity contribution >= 4 is 22.6 Å². The van der Waals surface area contributed by atoms with Crippen LogP contribution in [0, 0.1) is 0 Å². The molecule has 6 nitrogen and oxygen atoms in total. The summed E-state index contributed by atoms with van der Waals surface area (Å²) in [6.45, 7) is 5.75. The molecule has 1 amide bonds. The van der Waals surface area contributed by atoms with E-state index in [1.807, 2.05) is 6.20 Å². The van der Waals surface area contributed by atoms with Gasteiger partial charge in [0, 0.05) is 49.3 Å². The second kappa shape index (κ2) is 8.53. The average molecular weight is 447 g/mol. The Balaban J connectivity index is 1.33. The Morgan fingerprint density at radius 3 is 2.53 bits per heavy atom. The van der Waals surface area contributed by atoms with E-state index in [2.05, 4.69) is 19.5 Å². The summed E-state index contributed by atoms with van der Waals surface area (Å²) in [5, 5.41) is 1.10. The molecule has 4 heterocycles. The quantitative estimate of drug-likeness (QED) is 0.692. The molecule has 0 saturated carbocycles. The number of rotatable bonds is 4. The van der Waals surface area contributed by atoms with Gasteiger partial charge in [0.15, 0.2) is 11.2 Å². The van der Waals surface area contributed by atoms with Crippen LogP contribution in [0.1, 0.15) is 50.3 Å². The summed E-state index contributed by atoms with van der Waals surface area (Å²) in [4.78, 5) is 24.3. The van der Waals surface area contributed by atoms with E-state index in [-0.39, 0.29) is 5.54 Å². The second-order valence-corrected chi connectivity index (χ2v) is 9.70. The van der Waals surface area contributed by atoms with E-state index in [9.17, 15) is 18.0 Å². The van der Waals surface area contributed by atoms with E-state index in [0.29, 0.717) is 13.1 Å². The molecule has 168 valence electrons. The van der Waals surface area contributed by atoms with Crippen LogP contribution in [0.15, 0.2) is 6.20 Å². The molecule has 0 aliphatic carbocycles. The van der Waals surface area contributed by atoms with Gasteiger partial charge in [-0.15, -0.1) is 11.3 Å². The number of carbonyl (C=O) groups is 1. The summed E-state index contributed by atoms with van der Waals surface area (Å²) < 4.78 is 42.6. The minimum absolute atomic E-state index is 0.0181. The summed E-state index contributed by atoms with van der Waals surface area (Å²) in [6.07, 6.45) is 0.653. The lowest BCUT2D eigenvalue weighted by molar-refractivity contribution is -0.200. The third-order valence-electron chi connectivity index (χ3n) is 6.70. The topological polar surface area (TPSA) is 48.9 Å². The van der Waals surface area contributed by atoms with Gasteiger partial charge in [0.2, 0.25) is 0 Å². The number of hydrogen-bond acceptors (Lipinski definition) is 6. The van der Waals surface area contributed by atoms with Crippen molar-refractivity contribution in [2.45, 2.75) is 69.8 Å². The zero-order valence-corrected chi connectivity index (χ0v) is 18.1. The Bertz CT molecular complexity index is 743. The molecule has 0 radical (unpaired) electrons. The molecule has 1 spiro atoms. The molecule has 1 aromatic heterocycles. The zero-order chi connectivity index (χ0) is 21.4. The SMILES string of the molecule is CC(OC(=O)N1CCC2(CCCN2Cc2cnc(N3CCCC3)s2)CC1)C(F)(F)F. The Kier molecular flexibility index (Phi) is 6.16. The van der Waals surface area contributed by atoms with Crippen LogP contribution >= 0.6 is 11.3 Å². The number of carbonyl (C=O) groups excluding carboxylic acids is 1. The van der Waals surface area contributed by atoms with Crippen LogP contribution in [0.3, 0.4) is 0 Å². The maximum absolute atomic E-state index is 12.7. The third kappa shape index (κ3) is 4.54. The van der Waals surface area contributed by atoms with Gasteiger partial charge in [-0.3, -0.25) is 4.90 Å². The summed E-state index contributed by atoms with van der Waals surface area (Å²) in [7, 11) is 0. The van der Waals surface area contributed by atoms with Crippen LogP contribution in [0.4, 0.5) is 23.1 Å². The molecule has 3 aliphatic rings. The molecule has 4 rings (SSSR count). The van der Waals surface area contributed by atoms with Crippen LogP contribution in [0.2, 0.25) is 0 Å². The second-order valence-electron chi connectivity index (χ2n) is 8.61. The fraction of sp³-hybridized carbons (Fsp3) is 0.800. The van der Waals surface area contributed by atoms with Crippen molar-refractivity contribution in [3.63, 3.8) is 0 Å². The number of ether oxygens (including phenoxy) is 1. The predicted molar refractivity (Wildman–Crippen MR) is 109 cm³/mol. The number of nitrogens with zero attached hydrogens (tertiary/aromatic N) is 4. The lowest BCUT2D eigenvalue weighted by atomic mass is 9.85. The normalized spacial score (nSPS) is 23.3. The van der Waals surface area contributed by atoms with Crippen molar-refractivity contribution < 1.29 is 22.7 Å². The van der Waals surface area contributed by atoms with Crippen molar-refractivity contribution in [2.75, 3.05) is 37.6 Å². The largest absolute Gasteiger partial charge is 0.437 e. The highest BCUT2D eigenvalue weighted by Gasteiger charge is 2.45. The first-order valence-electron chi connectivity index (χ1n) is 10.7. The number of thiazole rings is 1. The maximum Gasteiger partial charge on any atom is 0.425 e. The molecule has 0 bridgehead atoms. The molecule has 0 aromatic carbocycles. The van der Waals surface area contributed by atoms with Gasteiger partial charge in [0.25, 0.3) is 0 Å². The number of halogens is 3. The predicted octanol–water partition coefficient (Wildman–Crippen LogP) is 4.26. The Labute approximate surface area is 179 Å². The van der Waals surface area contributed by atoms with Crippen LogP contribution in [0.5, 0.6) is 0 Å². The molecular formula is C20H29F3N4O2S. The van der Waals surface area contributed by atoms with Crippen molar-refractivity contribution in [1.29, 1.82) is 0 Å². The monoisotopic (exact) mass is 446 g/mol. The highest BCUT2D eigenvalue weighted by Crippen LogP contribution is 2.40. The first kappa shape index (κ1) is 21.7. The van der Waals surface area contributed by atoms with Gasteiger partial charge in [0.05, 0.1) is 0 Å².